The van der Waals surface area contributed by atoms with Gasteiger partial charge < -0.3 is 5.32 Å². The minimum absolute atomic E-state index is 0.316. The minimum atomic E-state index is -0.396. The van der Waals surface area contributed by atoms with E-state index in [-0.39, 0.29) is 0 Å². The summed E-state index contributed by atoms with van der Waals surface area (Å²) in [5.74, 6) is 0.670. The summed E-state index contributed by atoms with van der Waals surface area (Å²) in [6, 6.07) is 3.36. The van der Waals surface area contributed by atoms with E-state index in [2.05, 4.69) is 27.9 Å². The highest BCUT2D eigenvalue weighted by molar-refractivity contribution is 5.17. The molecule has 3 aliphatic rings. The quantitative estimate of drug-likeness (QED) is 0.892. The van der Waals surface area contributed by atoms with Crippen molar-refractivity contribution in [1.82, 2.24) is 20.3 Å². The van der Waals surface area contributed by atoms with Crippen LogP contribution in [0.25, 0.3) is 0 Å². The Morgan fingerprint density at radius 1 is 1.08 bits per heavy atom. The van der Waals surface area contributed by atoms with Crippen LogP contribution in [0.4, 0.5) is 0 Å². The van der Waals surface area contributed by atoms with Gasteiger partial charge in [0.2, 0.25) is 0 Å². The summed E-state index contributed by atoms with van der Waals surface area (Å²) in [6.45, 7) is 0. The van der Waals surface area contributed by atoms with Gasteiger partial charge in [0.15, 0.2) is 5.54 Å². The Hall–Kier alpha value is -1.41. The van der Waals surface area contributed by atoms with Crippen molar-refractivity contribution >= 4 is 0 Å². The van der Waals surface area contributed by atoms with Crippen LogP contribution in [-0.4, -0.2) is 21.0 Å². The summed E-state index contributed by atoms with van der Waals surface area (Å²) in [4.78, 5) is 0. The topological polar surface area (TPSA) is 66.5 Å². The van der Waals surface area contributed by atoms with Crippen LogP contribution in [0.3, 0.4) is 0 Å². The number of nitriles is 1. The maximum atomic E-state index is 9.41. The van der Waals surface area contributed by atoms with Gasteiger partial charge in [0.25, 0.3) is 0 Å². The summed E-state index contributed by atoms with van der Waals surface area (Å²) >= 11 is 0. The van der Waals surface area contributed by atoms with E-state index in [1.807, 2.05) is 4.68 Å². The standard InChI is InChI=1S/C19H29N5/c20-14-19(11-12-19)24-13-17(22-23-24)18(15-7-3-1-4-8-15)21-16-9-5-2-6-10-16/h13,15-16,18,21H,1-12H2. The van der Waals surface area contributed by atoms with Crippen LogP contribution in [0.2, 0.25) is 0 Å². The Morgan fingerprint density at radius 3 is 2.38 bits per heavy atom. The first-order valence-electron chi connectivity index (χ1n) is 9.91. The first-order valence-corrected chi connectivity index (χ1v) is 9.91. The van der Waals surface area contributed by atoms with Crippen LogP contribution in [0, 0.1) is 17.2 Å². The normalized spacial score (nSPS) is 26.0. The van der Waals surface area contributed by atoms with Gasteiger partial charge in [-0.1, -0.05) is 43.7 Å². The lowest BCUT2D eigenvalue weighted by atomic mass is 9.82. The van der Waals surface area contributed by atoms with Crippen molar-refractivity contribution in [2.45, 2.75) is 94.7 Å². The van der Waals surface area contributed by atoms with Gasteiger partial charge in [-0.3, -0.25) is 0 Å². The molecule has 1 heterocycles. The zero-order valence-electron chi connectivity index (χ0n) is 14.6. The van der Waals surface area contributed by atoms with Gasteiger partial charge in [-0.25, -0.2) is 4.68 Å². The number of rotatable bonds is 5. The van der Waals surface area contributed by atoms with Crippen LogP contribution in [0.15, 0.2) is 6.20 Å². The molecule has 1 unspecified atom stereocenters. The molecule has 5 heteroatoms. The molecule has 4 rings (SSSR count). The second kappa shape index (κ2) is 6.84. The Bertz CT molecular complexity index is 585. The Morgan fingerprint density at radius 2 is 1.75 bits per heavy atom. The molecule has 3 saturated carbocycles. The predicted octanol–water partition coefficient (Wildman–Crippen LogP) is 3.83. The molecular formula is C19H29N5. The molecule has 0 aliphatic heterocycles. The van der Waals surface area contributed by atoms with E-state index in [0.717, 1.165) is 18.5 Å². The van der Waals surface area contributed by atoms with Crippen molar-refractivity contribution in [1.29, 1.82) is 5.26 Å². The van der Waals surface area contributed by atoms with Crippen molar-refractivity contribution < 1.29 is 0 Å². The molecule has 24 heavy (non-hydrogen) atoms. The molecule has 1 aromatic heterocycles. The molecule has 1 atom stereocenters. The van der Waals surface area contributed by atoms with Crippen molar-refractivity contribution in [2.24, 2.45) is 5.92 Å². The molecular weight excluding hydrogens is 298 g/mol. The van der Waals surface area contributed by atoms with Crippen molar-refractivity contribution in [2.75, 3.05) is 0 Å². The molecule has 3 aliphatic carbocycles. The molecule has 0 saturated heterocycles. The third kappa shape index (κ3) is 3.21. The number of hydrogen-bond acceptors (Lipinski definition) is 4. The largest absolute Gasteiger partial charge is 0.305 e. The van der Waals surface area contributed by atoms with Crippen molar-refractivity contribution in [3.63, 3.8) is 0 Å². The van der Waals surface area contributed by atoms with E-state index in [9.17, 15) is 5.26 Å². The van der Waals surface area contributed by atoms with Gasteiger partial charge in [-0.15, -0.1) is 5.10 Å². The molecule has 0 radical (unpaired) electrons. The SMILES string of the molecule is N#CC1(n2cc(C(NC3CCCCC3)C3CCCCC3)nn2)CC1. The van der Waals surface area contributed by atoms with Crippen LogP contribution < -0.4 is 5.32 Å². The number of nitrogens with zero attached hydrogens (tertiary/aromatic N) is 4. The zero-order chi connectivity index (χ0) is 16.4. The zero-order valence-corrected chi connectivity index (χ0v) is 14.6. The third-order valence-electron chi connectivity index (χ3n) is 6.34. The third-order valence-corrected chi connectivity index (χ3v) is 6.34. The first kappa shape index (κ1) is 16.1. The van der Waals surface area contributed by atoms with Crippen LogP contribution in [0.5, 0.6) is 0 Å². The Labute approximate surface area is 144 Å². The molecule has 5 nitrogen and oxygen atoms in total. The van der Waals surface area contributed by atoms with Crippen LogP contribution in [0.1, 0.15) is 88.8 Å². The highest BCUT2D eigenvalue weighted by Gasteiger charge is 2.47. The van der Waals surface area contributed by atoms with Crippen LogP contribution in [-0.2, 0) is 5.54 Å². The van der Waals surface area contributed by atoms with Crippen LogP contribution >= 0.6 is 0 Å². The average molecular weight is 327 g/mol. The lowest BCUT2D eigenvalue weighted by Gasteiger charge is -2.34. The van der Waals surface area contributed by atoms with Gasteiger partial charge in [0.05, 0.1) is 24.0 Å². The maximum Gasteiger partial charge on any atom is 0.150 e. The second-order valence-electron chi connectivity index (χ2n) is 8.11. The Kier molecular flexibility index (Phi) is 4.58. The smallest absolute Gasteiger partial charge is 0.150 e. The number of hydrogen-bond donors (Lipinski definition) is 1. The van der Waals surface area contributed by atoms with E-state index in [4.69, 9.17) is 0 Å². The number of aromatic nitrogens is 3. The van der Waals surface area contributed by atoms with Crippen molar-refractivity contribution in [3.8, 4) is 6.07 Å². The first-order chi connectivity index (χ1) is 11.8. The summed E-state index contributed by atoms with van der Waals surface area (Å²) in [7, 11) is 0. The fourth-order valence-corrected chi connectivity index (χ4v) is 4.59. The molecule has 0 bridgehead atoms. The summed E-state index contributed by atoms with van der Waals surface area (Å²) < 4.78 is 1.83. The summed E-state index contributed by atoms with van der Waals surface area (Å²) in [5, 5.41) is 22.2. The highest BCUT2D eigenvalue weighted by atomic mass is 15.5. The lowest BCUT2D eigenvalue weighted by Crippen LogP contribution is -2.38. The molecule has 1 aromatic rings. The minimum Gasteiger partial charge on any atom is -0.305 e. The van der Waals surface area contributed by atoms with E-state index in [0.29, 0.717) is 18.0 Å². The van der Waals surface area contributed by atoms with Gasteiger partial charge in [0, 0.05) is 6.04 Å². The fourth-order valence-electron chi connectivity index (χ4n) is 4.59. The van der Waals surface area contributed by atoms with Gasteiger partial charge in [-0.2, -0.15) is 5.26 Å². The average Bonchev–Trinajstić information content (AvgIpc) is 3.30. The molecule has 130 valence electrons. The van der Waals surface area contributed by atoms with E-state index in [1.54, 1.807) is 0 Å². The fraction of sp³-hybridized carbons (Fsp3) is 0.842. The van der Waals surface area contributed by atoms with E-state index < -0.39 is 5.54 Å². The maximum absolute atomic E-state index is 9.41. The van der Waals surface area contributed by atoms with Gasteiger partial charge >= 0.3 is 0 Å². The highest BCUT2D eigenvalue weighted by Crippen LogP contribution is 2.43. The molecule has 0 amide bonds. The predicted molar refractivity (Wildman–Crippen MR) is 92.2 cm³/mol. The molecule has 0 spiro atoms. The molecule has 0 aromatic carbocycles. The summed E-state index contributed by atoms with van der Waals surface area (Å²) in [5.41, 5.74) is 0.668. The number of nitrogens with one attached hydrogen (secondary N) is 1. The van der Waals surface area contributed by atoms with Gasteiger partial charge in [0.1, 0.15) is 0 Å². The Balaban J connectivity index is 1.53. The monoisotopic (exact) mass is 327 g/mol. The van der Waals surface area contributed by atoms with E-state index in [1.165, 1.54) is 64.2 Å². The van der Waals surface area contributed by atoms with Gasteiger partial charge in [-0.05, 0) is 44.4 Å². The van der Waals surface area contributed by atoms with Crippen molar-refractivity contribution in [3.05, 3.63) is 11.9 Å². The molecule has 1 N–H and O–H groups in total. The second-order valence-corrected chi connectivity index (χ2v) is 8.11. The van der Waals surface area contributed by atoms with E-state index >= 15 is 0 Å². The lowest BCUT2D eigenvalue weighted by molar-refractivity contribution is 0.230. The molecule has 3 fully saturated rings. The summed E-state index contributed by atoms with van der Waals surface area (Å²) in [6.07, 6.45) is 17.2.